The van der Waals surface area contributed by atoms with Crippen LogP contribution in [0, 0.1) is 27.7 Å². The minimum atomic E-state index is -3.46. The zero-order chi connectivity index (χ0) is 48.8. The zero-order valence-electron chi connectivity index (χ0n) is 40.6. The van der Waals surface area contributed by atoms with E-state index in [-0.39, 0.29) is 5.92 Å². The predicted octanol–water partition coefficient (Wildman–Crippen LogP) is 16.5. The van der Waals surface area contributed by atoms with Crippen molar-refractivity contribution in [2.45, 2.75) is 33.6 Å². The lowest BCUT2D eigenvalue weighted by atomic mass is 9.93. The first kappa shape index (κ1) is 46.0. The van der Waals surface area contributed by atoms with Gasteiger partial charge in [0.1, 0.15) is 11.5 Å². The summed E-state index contributed by atoms with van der Waals surface area (Å²) in [4.78, 5) is 8.85. The van der Waals surface area contributed by atoms with Crippen LogP contribution >= 0.6 is 29.8 Å². The third kappa shape index (κ3) is 8.08. The number of anilines is 6. The van der Waals surface area contributed by atoms with Crippen molar-refractivity contribution in [3.63, 3.8) is 0 Å². The Labute approximate surface area is 425 Å². The molecular formula is C63H53N2O3PS2. The van der Waals surface area contributed by atoms with Crippen LogP contribution in [0.15, 0.2) is 206 Å². The van der Waals surface area contributed by atoms with E-state index in [1.54, 1.807) is 36.9 Å². The summed E-state index contributed by atoms with van der Waals surface area (Å²) in [6, 6.07) is 72.3. The summed E-state index contributed by atoms with van der Waals surface area (Å²) >= 11 is 3.43. The van der Waals surface area contributed by atoms with Gasteiger partial charge in [-0.2, -0.15) is 0 Å². The van der Waals surface area contributed by atoms with Gasteiger partial charge in [0.25, 0.3) is 0 Å². The van der Waals surface area contributed by atoms with E-state index in [1.807, 2.05) is 48.5 Å². The maximum Gasteiger partial charge on any atom is 0.173 e. The van der Waals surface area contributed by atoms with E-state index >= 15 is 4.57 Å². The molecule has 1 aliphatic rings. The number of benzene rings is 8. The molecule has 2 aromatic heterocycles. The third-order valence-corrected chi connectivity index (χ3v) is 19.7. The van der Waals surface area contributed by atoms with E-state index in [9.17, 15) is 0 Å². The molecule has 0 amide bonds. The van der Waals surface area contributed by atoms with Gasteiger partial charge < -0.3 is 23.8 Å². The molecule has 0 saturated carbocycles. The summed E-state index contributed by atoms with van der Waals surface area (Å²) in [6.45, 7) is 8.65. The number of hydrogen-bond acceptors (Lipinski definition) is 7. The number of fused-ring (bicyclic) bond motifs is 2. The fourth-order valence-corrected chi connectivity index (χ4v) is 16.8. The summed E-state index contributed by atoms with van der Waals surface area (Å²) < 4.78 is 29.2. The van der Waals surface area contributed by atoms with Crippen LogP contribution in [0.4, 0.5) is 34.1 Å². The van der Waals surface area contributed by atoms with Crippen molar-refractivity contribution in [1.82, 2.24) is 0 Å². The number of nitrogens with zero attached hydrogens (tertiary/aromatic N) is 2. The predicted molar refractivity (Wildman–Crippen MR) is 301 cm³/mol. The SMILES string of the molecule is COc1cccc(OC)c1C1c2sc(-c3ccc(N(c4ccccc4C)c4ccccc4C)cc3)cc2P(=O)(c2ccccc2)c2cc(-c3ccc(N(c4ccccc4C)c4ccccc4C)cc3)sc21. The summed E-state index contributed by atoms with van der Waals surface area (Å²) in [5.74, 6) is 1.13. The van der Waals surface area contributed by atoms with Crippen LogP contribution in [-0.4, -0.2) is 14.2 Å². The van der Waals surface area contributed by atoms with Crippen molar-refractivity contribution in [2.24, 2.45) is 0 Å². The monoisotopic (exact) mass is 980 g/mol. The van der Waals surface area contributed by atoms with Gasteiger partial charge in [0.05, 0.1) is 20.1 Å². The Bertz CT molecular complexity index is 3320. The highest BCUT2D eigenvalue weighted by atomic mass is 32.1. The van der Waals surface area contributed by atoms with Crippen molar-refractivity contribution >= 4 is 79.9 Å². The lowest BCUT2D eigenvalue weighted by Gasteiger charge is -2.31. The topological polar surface area (TPSA) is 42.0 Å². The second-order valence-corrected chi connectivity index (χ2v) is 23.0. The Morgan fingerprint density at radius 2 is 0.775 bits per heavy atom. The van der Waals surface area contributed by atoms with Crippen LogP contribution in [0.1, 0.15) is 43.5 Å². The smallest absolute Gasteiger partial charge is 0.173 e. The Balaban J connectivity index is 1.07. The van der Waals surface area contributed by atoms with Gasteiger partial charge in [0, 0.05) is 75.1 Å². The molecule has 0 saturated heterocycles. The fraction of sp³-hybridized carbons (Fsp3) is 0.111. The van der Waals surface area contributed by atoms with Gasteiger partial charge in [-0.25, -0.2) is 0 Å². The average molecular weight is 981 g/mol. The molecule has 8 heteroatoms. The van der Waals surface area contributed by atoms with Gasteiger partial charge in [-0.05, 0) is 134 Å². The van der Waals surface area contributed by atoms with Crippen LogP contribution in [0.2, 0.25) is 0 Å². The van der Waals surface area contributed by atoms with Crippen LogP contribution < -0.4 is 35.2 Å². The quantitative estimate of drug-likeness (QED) is 0.114. The zero-order valence-corrected chi connectivity index (χ0v) is 43.1. The lowest BCUT2D eigenvalue weighted by molar-refractivity contribution is 0.385. The molecule has 71 heavy (non-hydrogen) atoms. The molecule has 11 rings (SSSR count). The Kier molecular flexibility index (Phi) is 12.4. The van der Waals surface area contributed by atoms with Gasteiger partial charge in [0.2, 0.25) is 0 Å². The number of rotatable bonds is 12. The highest BCUT2D eigenvalue weighted by molar-refractivity contribution is 7.86. The van der Waals surface area contributed by atoms with Crippen molar-refractivity contribution < 1.29 is 14.0 Å². The van der Waals surface area contributed by atoms with E-state index < -0.39 is 7.14 Å². The van der Waals surface area contributed by atoms with Crippen LogP contribution in [0.5, 0.6) is 11.5 Å². The molecule has 0 N–H and O–H groups in total. The number of ether oxygens (including phenoxy) is 2. The second kappa shape index (κ2) is 19.1. The maximum absolute atomic E-state index is 16.8. The summed E-state index contributed by atoms with van der Waals surface area (Å²) in [6.07, 6.45) is 0. The van der Waals surface area contributed by atoms with Crippen LogP contribution in [-0.2, 0) is 4.57 Å². The highest BCUT2D eigenvalue weighted by Gasteiger charge is 2.47. The fourth-order valence-electron chi connectivity index (χ4n) is 10.2. The summed E-state index contributed by atoms with van der Waals surface area (Å²) in [7, 11) is -0.0256. The van der Waals surface area contributed by atoms with Gasteiger partial charge >= 0.3 is 0 Å². The highest BCUT2D eigenvalue weighted by Crippen LogP contribution is 2.60. The lowest BCUT2D eigenvalue weighted by Crippen LogP contribution is -2.33. The molecule has 0 spiro atoms. The van der Waals surface area contributed by atoms with E-state index in [0.29, 0.717) is 0 Å². The average Bonchev–Trinajstić information content (AvgIpc) is 4.07. The van der Waals surface area contributed by atoms with E-state index in [4.69, 9.17) is 9.47 Å². The van der Waals surface area contributed by atoms with Crippen molar-refractivity contribution in [2.75, 3.05) is 24.0 Å². The van der Waals surface area contributed by atoms with Gasteiger partial charge in [-0.1, -0.05) is 133 Å². The second-order valence-electron chi connectivity index (χ2n) is 18.1. The normalized spacial score (nSPS) is 14.9. The van der Waals surface area contributed by atoms with Crippen LogP contribution in [0.3, 0.4) is 0 Å². The van der Waals surface area contributed by atoms with Crippen molar-refractivity contribution in [3.05, 3.63) is 244 Å². The van der Waals surface area contributed by atoms with E-state index in [1.165, 1.54) is 22.3 Å². The third-order valence-electron chi connectivity index (χ3n) is 13.8. The Morgan fingerprint density at radius 1 is 0.423 bits per heavy atom. The molecular weight excluding hydrogens is 928 g/mol. The minimum absolute atomic E-state index is 0.317. The molecule has 1 aliphatic heterocycles. The molecule has 0 radical (unpaired) electrons. The molecule has 350 valence electrons. The molecule has 8 aromatic carbocycles. The summed E-state index contributed by atoms with van der Waals surface area (Å²) in [5, 5.41) is 2.52. The molecule has 0 aliphatic carbocycles. The molecule has 0 bridgehead atoms. The number of thiophene rings is 2. The first-order valence-corrected chi connectivity index (χ1v) is 27.2. The van der Waals surface area contributed by atoms with Gasteiger partial charge in [-0.15, -0.1) is 22.7 Å². The minimum Gasteiger partial charge on any atom is -0.496 e. The maximum atomic E-state index is 16.8. The van der Waals surface area contributed by atoms with Gasteiger partial charge in [-0.3, -0.25) is 0 Å². The largest absolute Gasteiger partial charge is 0.496 e. The molecule has 3 heterocycles. The van der Waals surface area contributed by atoms with E-state index in [0.717, 1.165) is 97.7 Å². The number of para-hydroxylation sites is 4. The first-order chi connectivity index (χ1) is 34.7. The van der Waals surface area contributed by atoms with E-state index in [2.05, 4.69) is 195 Å². The molecule has 0 unspecified atom stereocenters. The summed E-state index contributed by atoms with van der Waals surface area (Å²) in [5.41, 5.74) is 14.4. The standard InChI is InChI=1S/C63H53N2O3PS2/c1-41-19-10-14-25-50(41)64(51-26-15-11-20-42(51)2)47-35-31-45(32-36-47)58-39-56-62(70-58)61(60-54(67-5)29-18-30-55(60)68-6)63-57(69(56,66)49-23-8-7-9-24-49)40-59(71-63)46-33-37-48(38-34-46)65(52-27-16-12-21-43(52)3)53-28-17-13-22-44(53)4/h7-40,61H,1-6H3. The Hall–Kier alpha value is -7.41. The number of aryl methyl sites for hydroxylation is 4. The molecule has 10 aromatic rings. The van der Waals surface area contributed by atoms with Crippen LogP contribution in [0.25, 0.3) is 20.9 Å². The molecule has 0 fully saturated rings. The van der Waals surface area contributed by atoms with Crippen molar-refractivity contribution in [3.8, 4) is 32.4 Å². The number of hydrogen-bond donors (Lipinski definition) is 0. The Morgan fingerprint density at radius 3 is 1.13 bits per heavy atom. The first-order valence-electron chi connectivity index (χ1n) is 23.9. The van der Waals surface area contributed by atoms with Crippen molar-refractivity contribution in [1.29, 1.82) is 0 Å². The number of methoxy groups -OCH3 is 2. The molecule has 0 atom stereocenters. The molecule has 5 nitrogen and oxygen atoms in total. The van der Waals surface area contributed by atoms with Gasteiger partial charge in [0.15, 0.2) is 7.14 Å².